The topological polar surface area (TPSA) is 276 Å². The summed E-state index contributed by atoms with van der Waals surface area (Å²) in [7, 11) is -11.2. The van der Waals surface area contributed by atoms with E-state index in [0.717, 1.165) is 83.3 Å². The number of alkyl halides is 3. The van der Waals surface area contributed by atoms with Crippen molar-refractivity contribution in [2.24, 2.45) is 11.3 Å². The molecule has 23 nitrogen and oxygen atoms in total. The van der Waals surface area contributed by atoms with E-state index in [1.165, 1.54) is 56.8 Å². The highest BCUT2D eigenvalue weighted by Gasteiger charge is 2.49. The molecule has 13 rings (SSSR count). The van der Waals surface area contributed by atoms with Gasteiger partial charge in [-0.1, -0.05) is 81.3 Å². The molecule has 5 aliphatic heterocycles. The molecule has 5 aromatic carbocycles. The maximum atomic E-state index is 14.7. The number of ether oxygens (including phenoxy) is 3. The number of thiazole rings is 1. The van der Waals surface area contributed by atoms with E-state index in [-0.39, 0.29) is 90.5 Å². The molecule has 0 radical (unpaired) electrons. The molecule has 7 heterocycles. The molecule has 0 bridgehead atoms. The Kier molecular flexibility index (Phi) is 23.9. The minimum absolute atomic E-state index is 0.0124. The molecule has 0 saturated carbocycles. The van der Waals surface area contributed by atoms with Crippen LogP contribution in [0.25, 0.3) is 16.0 Å². The van der Waals surface area contributed by atoms with E-state index >= 15 is 0 Å². The van der Waals surface area contributed by atoms with Crippen molar-refractivity contribution in [3.8, 4) is 27.8 Å². The van der Waals surface area contributed by atoms with Gasteiger partial charge in [0.1, 0.15) is 41.7 Å². The number of amides is 4. The summed E-state index contributed by atoms with van der Waals surface area (Å²) in [6.07, 6.45) is 3.11. The lowest BCUT2D eigenvalue weighted by atomic mass is 9.72. The number of piperazine rings is 2. The summed E-state index contributed by atoms with van der Waals surface area (Å²) in [6, 6.07) is 30.6. The molecule has 108 heavy (non-hydrogen) atoms. The van der Waals surface area contributed by atoms with Gasteiger partial charge in [-0.3, -0.25) is 29.0 Å². The van der Waals surface area contributed by atoms with Crippen molar-refractivity contribution in [1.82, 2.24) is 39.8 Å². The molecule has 3 fully saturated rings. The Bertz CT molecular complexity index is 4710. The highest BCUT2D eigenvalue weighted by molar-refractivity contribution is 7.99. The number of hydrogen-bond acceptors (Lipinski definition) is 21. The number of halogens is 4. The molecule has 6 aliphatic rings. The number of fused-ring (bicyclic) bond motifs is 6. The second kappa shape index (κ2) is 33.1. The first-order valence-electron chi connectivity index (χ1n) is 36.4. The number of carbonyl (C=O) groups excluding carboxylic acids is 4. The van der Waals surface area contributed by atoms with Gasteiger partial charge in [-0.15, -0.1) is 23.1 Å². The van der Waals surface area contributed by atoms with Crippen molar-refractivity contribution in [1.29, 1.82) is 0 Å². The smallest absolute Gasteiger partial charge is 0.489 e. The first kappa shape index (κ1) is 77.9. The van der Waals surface area contributed by atoms with Crippen molar-refractivity contribution in [2.45, 2.75) is 143 Å². The summed E-state index contributed by atoms with van der Waals surface area (Å²) >= 11 is 9.17. The molecule has 0 spiro atoms. The summed E-state index contributed by atoms with van der Waals surface area (Å²) in [5, 5.41) is 21.5. The number of aliphatic hydroxyl groups is 1. The average molecular weight is 1580 g/mol. The maximum absolute atomic E-state index is 14.7. The number of β-amino-alcohol motifs (C(OH)–C–C–N with tert-alkyl or cyclic N) is 1. The van der Waals surface area contributed by atoms with Gasteiger partial charge in [-0.2, -0.15) is 13.2 Å². The van der Waals surface area contributed by atoms with E-state index in [1.54, 1.807) is 22.5 Å². The van der Waals surface area contributed by atoms with E-state index in [1.807, 2.05) is 79.2 Å². The fourth-order valence-electron chi connectivity index (χ4n) is 15.1. The average Bonchev–Trinajstić information content (AvgIpc) is 1.16. The fourth-order valence-corrected chi connectivity index (χ4v) is 19.0. The van der Waals surface area contributed by atoms with Crippen LogP contribution < -0.4 is 34.5 Å². The molecular formula is C77H88ClF3N10O13S4. The van der Waals surface area contributed by atoms with Gasteiger partial charge < -0.3 is 49.2 Å². The first-order chi connectivity index (χ1) is 51.6. The SMILES string of the molecule is CC(C)[C@H](C(=O)N1C[C@H](O)C[C@H]1NC(=O)Cc1ccc2c(c1)OCc1ncsc1-2)c1cc(OCCCCC(=O)N2CCN(CC[C@H](CSc3ccccc3)Nc3ccc(S(=O)(=O)NC(=O)c4ccc5c(c4)OC[C@@H]4CN(CC6=C(c7ccc(Cl)cc7)CCC(C)(C)C6)CCN54)cc3S(=O)(=O)C(F)(F)F)CC2)no1. The number of likely N-dealkylation sites (tertiary alicyclic amines) is 1. The molecule has 576 valence electrons. The number of benzene rings is 5. The normalized spacial score (nSPS) is 19.5. The number of sulfonamides is 1. The van der Waals surface area contributed by atoms with Crippen molar-refractivity contribution < 1.29 is 73.0 Å². The molecule has 5 atom stereocenters. The van der Waals surface area contributed by atoms with Gasteiger partial charge in [0.2, 0.25) is 17.7 Å². The summed E-state index contributed by atoms with van der Waals surface area (Å²) < 4.78 is 125. The number of aliphatic hydroxyl groups excluding tert-OH is 1. The zero-order chi connectivity index (χ0) is 76.2. The molecule has 31 heteroatoms. The third-order valence-electron chi connectivity index (χ3n) is 20.8. The first-order valence-corrected chi connectivity index (χ1v) is 41.6. The minimum Gasteiger partial charge on any atom is -0.489 e. The molecule has 2 aromatic heterocycles. The predicted molar refractivity (Wildman–Crippen MR) is 405 cm³/mol. The third-order valence-corrected chi connectivity index (χ3v) is 26.0. The van der Waals surface area contributed by atoms with Crippen LogP contribution in [0, 0.1) is 11.3 Å². The number of aromatic nitrogens is 2. The quantitative estimate of drug-likeness (QED) is 0.0275. The van der Waals surface area contributed by atoms with Gasteiger partial charge in [0.25, 0.3) is 31.6 Å². The Morgan fingerprint density at radius 3 is 2.42 bits per heavy atom. The molecule has 4 N–H and O–H groups in total. The second-order valence-electron chi connectivity index (χ2n) is 29.5. The fraction of sp³-hybridized carbons (Fsp3) is 0.455. The van der Waals surface area contributed by atoms with E-state index in [2.05, 4.69) is 61.5 Å². The number of rotatable bonds is 27. The van der Waals surface area contributed by atoms with Crippen LogP contribution in [0.1, 0.15) is 118 Å². The maximum Gasteiger partial charge on any atom is 0.501 e. The summed E-state index contributed by atoms with van der Waals surface area (Å²) in [5.74, 6) is -1.21. The van der Waals surface area contributed by atoms with Crippen LogP contribution in [0.15, 0.2) is 146 Å². The number of thioether (sulfide) groups is 1. The summed E-state index contributed by atoms with van der Waals surface area (Å²) in [6.45, 7) is 14.3. The zero-order valence-corrected chi connectivity index (χ0v) is 64.4. The summed E-state index contributed by atoms with van der Waals surface area (Å²) in [4.78, 5) is 69.1. The van der Waals surface area contributed by atoms with Crippen LogP contribution in [0.4, 0.5) is 24.5 Å². The van der Waals surface area contributed by atoms with Crippen LogP contribution in [0.3, 0.4) is 0 Å². The number of hydrogen-bond donors (Lipinski definition) is 4. The molecule has 4 amide bonds. The van der Waals surface area contributed by atoms with E-state index in [0.29, 0.717) is 94.3 Å². The van der Waals surface area contributed by atoms with Gasteiger partial charge in [-0.05, 0) is 145 Å². The number of unbranched alkanes of at least 4 members (excludes halogenated alkanes) is 1. The molecule has 0 unspecified atom stereocenters. The Hall–Kier alpha value is -8.23. The van der Waals surface area contributed by atoms with Gasteiger partial charge in [0.05, 0.1) is 57.5 Å². The lowest BCUT2D eigenvalue weighted by Crippen LogP contribution is -2.57. The number of sulfone groups is 1. The molecule has 3 saturated heterocycles. The Labute approximate surface area is 639 Å². The van der Waals surface area contributed by atoms with Crippen LogP contribution in [0.2, 0.25) is 5.02 Å². The van der Waals surface area contributed by atoms with Crippen molar-refractivity contribution in [3.05, 3.63) is 160 Å². The molecule has 7 aromatic rings. The van der Waals surface area contributed by atoms with Crippen LogP contribution >= 0.6 is 34.7 Å². The van der Waals surface area contributed by atoms with E-state index < -0.39 is 71.0 Å². The van der Waals surface area contributed by atoms with Crippen LogP contribution in [0.5, 0.6) is 17.4 Å². The highest BCUT2D eigenvalue weighted by Crippen LogP contribution is 2.45. The van der Waals surface area contributed by atoms with Gasteiger partial charge in [0, 0.05) is 117 Å². The van der Waals surface area contributed by atoms with E-state index in [9.17, 15) is 54.3 Å². The standard InChI is InChI=1S/C77H88ClF3N10O13S4/c1-48(2)72(75(96)91-43-56(92)37-68(91)84-69(93)35-49-13-20-60-64(34-49)103-45-62-73(60)106-47-82-62)66-39-70(85-104-66)101-33-9-8-12-71(94)89-30-27-87(28-31-89)26-24-54(46-105-57-10-6-5-7-11-57)83-61-21-19-58(38-67(61)107(97,98)77(79,80)81)108(99,100)86-74(95)51-16-22-63-65(36-51)102-44-55-42-88(29-32-90(55)63)41-52-40-76(3,4)25-23-59(52)50-14-17-53(78)18-15-50/h5-7,10-11,13-22,34,36,38-39,47-48,54-56,68,72,83,92H,8-9,12,23-33,35,37,40-46H2,1-4H3,(H,84,93)(H,86,95)/t54-,55+,56-,68+,72+/m1/s1. The number of carbonyl (C=O) groups is 4. The molecular weight excluding hydrogens is 1490 g/mol. The Morgan fingerprint density at radius 2 is 1.65 bits per heavy atom. The van der Waals surface area contributed by atoms with E-state index in [4.69, 9.17) is 30.3 Å². The summed E-state index contributed by atoms with van der Waals surface area (Å²) in [5.41, 5.74) is 2.71. The largest absolute Gasteiger partial charge is 0.501 e. The number of allylic oxidation sites excluding steroid dienone is 1. The lowest BCUT2D eigenvalue weighted by molar-refractivity contribution is -0.137. The van der Waals surface area contributed by atoms with Gasteiger partial charge in [-0.25, -0.2) is 26.5 Å². The number of anilines is 2. The van der Waals surface area contributed by atoms with Crippen molar-refractivity contribution >= 4 is 95.1 Å². The van der Waals surface area contributed by atoms with Crippen molar-refractivity contribution in [2.75, 3.05) is 94.6 Å². The highest BCUT2D eigenvalue weighted by atomic mass is 35.5. The number of nitrogens with one attached hydrogen (secondary N) is 3. The lowest BCUT2D eigenvalue weighted by Gasteiger charge is -2.46. The van der Waals surface area contributed by atoms with Gasteiger partial charge in [0.15, 0.2) is 5.76 Å². The minimum atomic E-state index is -6.20. The number of nitrogens with zero attached hydrogens (tertiary/aromatic N) is 7. The van der Waals surface area contributed by atoms with Crippen molar-refractivity contribution in [3.63, 3.8) is 0 Å². The second-order valence-corrected chi connectivity index (χ2v) is 35.5. The van der Waals surface area contributed by atoms with Crippen LogP contribution in [-0.4, -0.2) is 190 Å². The Morgan fingerprint density at radius 1 is 0.870 bits per heavy atom. The third kappa shape index (κ3) is 18.3. The van der Waals surface area contributed by atoms with Gasteiger partial charge >= 0.3 is 5.51 Å². The predicted octanol–water partition coefficient (Wildman–Crippen LogP) is 11.7. The zero-order valence-electron chi connectivity index (χ0n) is 60.4. The molecule has 1 aliphatic carbocycles. The Balaban J connectivity index is 0.580. The monoisotopic (exact) mass is 1580 g/mol. The van der Waals surface area contributed by atoms with Crippen LogP contribution in [-0.2, 0) is 47.3 Å².